The number of hydrogen-bond donors (Lipinski definition) is 0. The molecule has 0 radical (unpaired) electrons. The largest absolute Gasteiger partial charge is 0.289 e. The zero-order valence-corrected chi connectivity index (χ0v) is 6.73. The maximum atomic E-state index is 11.3. The molecule has 0 unspecified atom stereocenters. The summed E-state index contributed by atoms with van der Waals surface area (Å²) in [6.45, 7) is 3.49. The van der Waals surface area contributed by atoms with Crippen LogP contribution in [0.4, 0.5) is 0 Å². The number of carbonyl (C=O) groups excluding carboxylic acids is 1. The van der Waals surface area contributed by atoms with E-state index in [2.05, 4.69) is 6.58 Å². The summed E-state index contributed by atoms with van der Waals surface area (Å²) < 4.78 is 0. The second kappa shape index (κ2) is 4.29. The van der Waals surface area contributed by atoms with E-state index < -0.39 is 0 Å². The van der Waals surface area contributed by atoms with Crippen LogP contribution in [0.2, 0.25) is 0 Å². The normalized spacial score (nSPS) is 10.0. The van der Waals surface area contributed by atoms with Gasteiger partial charge in [-0.15, -0.1) is 0 Å². The van der Waals surface area contributed by atoms with Crippen LogP contribution >= 0.6 is 0 Å². The van der Waals surface area contributed by atoms with E-state index in [0.717, 1.165) is 0 Å². The van der Waals surface area contributed by atoms with Gasteiger partial charge in [-0.2, -0.15) is 0 Å². The van der Waals surface area contributed by atoms with Gasteiger partial charge in [0.25, 0.3) is 0 Å². The first kappa shape index (κ1) is 8.47. The van der Waals surface area contributed by atoms with Gasteiger partial charge in [0.05, 0.1) is 0 Å². The third-order valence-corrected chi connectivity index (χ3v) is 1.44. The van der Waals surface area contributed by atoms with Gasteiger partial charge < -0.3 is 0 Å². The van der Waals surface area contributed by atoms with Gasteiger partial charge in [-0.05, 0) is 6.08 Å². The lowest BCUT2D eigenvalue weighted by atomic mass is 10.1. The molecule has 1 rings (SSSR count). The summed E-state index contributed by atoms with van der Waals surface area (Å²) >= 11 is 0. The molecule has 0 aromatic heterocycles. The Labute approximate surface area is 72.0 Å². The lowest BCUT2D eigenvalue weighted by molar-refractivity contribution is 0.104. The van der Waals surface area contributed by atoms with E-state index in [-0.39, 0.29) is 5.78 Å². The van der Waals surface area contributed by atoms with Gasteiger partial charge in [0.1, 0.15) is 0 Å². The smallest absolute Gasteiger partial charge is 0.185 e. The Morgan fingerprint density at radius 2 is 1.92 bits per heavy atom. The third-order valence-electron chi connectivity index (χ3n) is 1.44. The molecule has 0 heterocycles. The first-order valence-corrected chi connectivity index (χ1v) is 3.73. The molecule has 0 atom stereocenters. The minimum atomic E-state index is 0.00972. The van der Waals surface area contributed by atoms with E-state index in [9.17, 15) is 4.79 Å². The van der Waals surface area contributed by atoms with Crippen molar-refractivity contribution in [2.24, 2.45) is 0 Å². The molecule has 1 heteroatoms. The molecule has 0 aliphatic rings. The third kappa shape index (κ3) is 2.20. The number of benzene rings is 1. The molecule has 0 saturated heterocycles. The fourth-order valence-electron chi connectivity index (χ4n) is 0.854. The first-order chi connectivity index (χ1) is 5.84. The molecule has 60 valence electrons. The summed E-state index contributed by atoms with van der Waals surface area (Å²) in [6, 6.07) is 9.14. The van der Waals surface area contributed by atoms with Crippen LogP contribution in [0.1, 0.15) is 10.4 Å². The summed E-state index contributed by atoms with van der Waals surface area (Å²) in [5.74, 6) is 0.00972. The Balaban J connectivity index is 2.79. The predicted octanol–water partition coefficient (Wildman–Crippen LogP) is 2.61. The van der Waals surface area contributed by atoms with Crippen molar-refractivity contribution in [1.82, 2.24) is 0 Å². The summed E-state index contributed by atoms with van der Waals surface area (Å²) in [5, 5.41) is 0. The minimum Gasteiger partial charge on any atom is -0.289 e. The topological polar surface area (TPSA) is 17.1 Å². The molecule has 0 aliphatic carbocycles. The molecule has 0 aliphatic heterocycles. The fourth-order valence-corrected chi connectivity index (χ4v) is 0.854. The van der Waals surface area contributed by atoms with Crippen molar-refractivity contribution >= 4 is 5.78 Å². The van der Waals surface area contributed by atoms with Crippen molar-refractivity contribution in [2.45, 2.75) is 0 Å². The van der Waals surface area contributed by atoms with Crippen LogP contribution in [-0.2, 0) is 0 Å². The summed E-state index contributed by atoms with van der Waals surface area (Å²) in [4.78, 5) is 11.3. The van der Waals surface area contributed by atoms with Gasteiger partial charge in [0.2, 0.25) is 0 Å². The average Bonchev–Trinajstić information content (AvgIpc) is 2.15. The summed E-state index contributed by atoms with van der Waals surface area (Å²) in [7, 11) is 0. The Morgan fingerprint density at radius 3 is 2.50 bits per heavy atom. The zero-order chi connectivity index (χ0) is 8.81. The van der Waals surface area contributed by atoms with Crippen LogP contribution in [0.25, 0.3) is 0 Å². The second-order valence-corrected chi connectivity index (χ2v) is 2.33. The Bertz CT molecular complexity index is 296. The molecule has 1 aromatic rings. The highest BCUT2D eigenvalue weighted by Gasteiger charge is 1.97. The SMILES string of the molecule is C=C/C=C/C(=O)c1ccccc1. The van der Waals surface area contributed by atoms with Gasteiger partial charge in [0, 0.05) is 5.56 Å². The second-order valence-electron chi connectivity index (χ2n) is 2.33. The molecular formula is C11H10O. The van der Waals surface area contributed by atoms with Crippen molar-refractivity contribution in [3.8, 4) is 0 Å². The Kier molecular flexibility index (Phi) is 3.03. The van der Waals surface area contributed by atoms with Crippen molar-refractivity contribution in [1.29, 1.82) is 0 Å². The maximum Gasteiger partial charge on any atom is 0.185 e. The lowest BCUT2D eigenvalue weighted by Gasteiger charge is -1.91. The van der Waals surface area contributed by atoms with E-state index in [1.165, 1.54) is 6.08 Å². The highest BCUT2D eigenvalue weighted by molar-refractivity contribution is 6.04. The van der Waals surface area contributed by atoms with Gasteiger partial charge in [-0.1, -0.05) is 49.1 Å². The van der Waals surface area contributed by atoms with Crippen LogP contribution < -0.4 is 0 Å². The molecule has 12 heavy (non-hydrogen) atoms. The molecule has 0 N–H and O–H groups in total. The minimum absolute atomic E-state index is 0.00972. The summed E-state index contributed by atoms with van der Waals surface area (Å²) in [5.41, 5.74) is 0.704. The van der Waals surface area contributed by atoms with Gasteiger partial charge in [0.15, 0.2) is 5.78 Å². The quantitative estimate of drug-likeness (QED) is 0.375. The van der Waals surface area contributed by atoms with Crippen molar-refractivity contribution in [3.05, 3.63) is 60.7 Å². The number of ketones is 1. The van der Waals surface area contributed by atoms with Crippen molar-refractivity contribution in [2.75, 3.05) is 0 Å². The van der Waals surface area contributed by atoms with E-state index in [1.807, 2.05) is 18.2 Å². The zero-order valence-electron chi connectivity index (χ0n) is 6.73. The Morgan fingerprint density at radius 1 is 1.25 bits per heavy atom. The van der Waals surface area contributed by atoms with E-state index in [4.69, 9.17) is 0 Å². The predicted molar refractivity (Wildman–Crippen MR) is 50.1 cm³/mol. The lowest BCUT2D eigenvalue weighted by Crippen LogP contribution is -1.91. The fraction of sp³-hybridized carbons (Fsp3) is 0. The molecular weight excluding hydrogens is 148 g/mol. The Hall–Kier alpha value is -1.63. The standard InChI is InChI=1S/C11H10O/c1-2-3-9-11(12)10-7-5-4-6-8-10/h2-9H,1H2/b9-3+. The number of rotatable bonds is 3. The number of allylic oxidation sites excluding steroid dienone is 3. The van der Waals surface area contributed by atoms with Crippen LogP contribution in [0.3, 0.4) is 0 Å². The monoisotopic (exact) mass is 158 g/mol. The van der Waals surface area contributed by atoms with E-state index in [0.29, 0.717) is 5.56 Å². The first-order valence-electron chi connectivity index (χ1n) is 3.73. The average molecular weight is 158 g/mol. The molecule has 1 aromatic carbocycles. The molecule has 0 fully saturated rings. The van der Waals surface area contributed by atoms with E-state index in [1.54, 1.807) is 24.3 Å². The number of carbonyl (C=O) groups is 1. The molecule has 0 saturated carbocycles. The molecule has 0 amide bonds. The van der Waals surface area contributed by atoms with Crippen LogP contribution in [-0.4, -0.2) is 5.78 Å². The maximum absolute atomic E-state index is 11.3. The van der Waals surface area contributed by atoms with Crippen LogP contribution in [0, 0.1) is 0 Å². The van der Waals surface area contributed by atoms with Gasteiger partial charge >= 0.3 is 0 Å². The van der Waals surface area contributed by atoms with Crippen LogP contribution in [0.15, 0.2) is 55.1 Å². The van der Waals surface area contributed by atoms with Gasteiger partial charge in [-0.25, -0.2) is 0 Å². The van der Waals surface area contributed by atoms with Crippen LogP contribution in [0.5, 0.6) is 0 Å². The van der Waals surface area contributed by atoms with E-state index >= 15 is 0 Å². The number of hydrogen-bond acceptors (Lipinski definition) is 1. The summed E-state index contributed by atoms with van der Waals surface area (Å²) in [6.07, 6.45) is 4.72. The van der Waals surface area contributed by atoms with Crippen molar-refractivity contribution in [3.63, 3.8) is 0 Å². The highest BCUT2D eigenvalue weighted by atomic mass is 16.1. The molecule has 1 nitrogen and oxygen atoms in total. The molecule has 0 spiro atoms. The van der Waals surface area contributed by atoms with Crippen molar-refractivity contribution < 1.29 is 4.79 Å². The molecule has 0 bridgehead atoms. The highest BCUT2D eigenvalue weighted by Crippen LogP contribution is 2.00. The van der Waals surface area contributed by atoms with Gasteiger partial charge in [-0.3, -0.25) is 4.79 Å².